The highest BCUT2D eigenvalue weighted by atomic mass is 16.7. The van der Waals surface area contributed by atoms with Gasteiger partial charge in [0, 0.05) is 18.2 Å². The molecule has 4 aromatic rings. The summed E-state index contributed by atoms with van der Waals surface area (Å²) >= 11 is 0. The second kappa shape index (κ2) is 13.2. The number of esters is 1. The first-order chi connectivity index (χ1) is 21.2. The number of benzene rings is 3. The van der Waals surface area contributed by atoms with Gasteiger partial charge in [-0.3, -0.25) is 4.79 Å². The average Bonchev–Trinajstić information content (AvgIpc) is 3.03. The molecule has 5 rings (SSSR count). The van der Waals surface area contributed by atoms with E-state index >= 15 is 0 Å². The number of aromatic hydroxyl groups is 1. The molecule has 2 heterocycles. The Morgan fingerprint density at radius 1 is 0.955 bits per heavy atom. The Hall–Kier alpha value is -4.88. The van der Waals surface area contributed by atoms with Crippen LogP contribution in [0.5, 0.6) is 23.0 Å². The molecule has 0 radical (unpaired) electrons. The zero-order chi connectivity index (χ0) is 31.4. The standard InChI is InChI=1S/C32H30O12/c1-39-23-15-20(35)26-19(34)14-22(41-31(26)30(23)40-2)18-10-6-7-11-21(18)42-32-28(38)27(37)29(24(16-33)43-32)44-25(36)13-12-17-8-4-3-5-9-17/h3-15,24,27-29,32-33,35,37-38H,16H2,1-2H3/b13-12+/t24?,27-,28?,29-,32-/m1/s1. The molecule has 1 saturated heterocycles. The van der Waals surface area contributed by atoms with E-state index in [1.165, 1.54) is 32.4 Å². The van der Waals surface area contributed by atoms with Gasteiger partial charge >= 0.3 is 5.97 Å². The Kier molecular flexibility index (Phi) is 9.16. The number of ether oxygens (including phenoxy) is 5. The van der Waals surface area contributed by atoms with Gasteiger partial charge in [0.05, 0.1) is 26.4 Å². The van der Waals surface area contributed by atoms with Crippen molar-refractivity contribution in [3.63, 3.8) is 0 Å². The topological polar surface area (TPSA) is 174 Å². The summed E-state index contributed by atoms with van der Waals surface area (Å²) in [6.07, 6.45) is -4.92. The van der Waals surface area contributed by atoms with Gasteiger partial charge in [0.25, 0.3) is 0 Å². The summed E-state index contributed by atoms with van der Waals surface area (Å²) in [5, 5.41) is 42.0. The number of hydrogen-bond donors (Lipinski definition) is 4. The fraction of sp³-hybridized carbons (Fsp3) is 0.250. The number of fused-ring (bicyclic) bond motifs is 1. The molecular formula is C32H30O12. The van der Waals surface area contributed by atoms with Crippen molar-refractivity contribution in [1.29, 1.82) is 0 Å². The zero-order valence-corrected chi connectivity index (χ0v) is 23.7. The molecule has 0 saturated carbocycles. The number of methoxy groups -OCH3 is 2. The quantitative estimate of drug-likeness (QED) is 0.162. The van der Waals surface area contributed by atoms with E-state index in [1.54, 1.807) is 42.5 Å². The Balaban J connectivity index is 1.41. The summed E-state index contributed by atoms with van der Waals surface area (Å²) in [6.45, 7) is -0.670. The first-order valence-electron chi connectivity index (χ1n) is 13.5. The molecule has 1 fully saturated rings. The van der Waals surface area contributed by atoms with Crippen LogP contribution in [0.3, 0.4) is 0 Å². The molecule has 0 amide bonds. The molecule has 5 atom stereocenters. The fourth-order valence-corrected chi connectivity index (χ4v) is 4.84. The normalized spacial score (nSPS) is 21.7. The number of aliphatic hydroxyl groups is 3. The van der Waals surface area contributed by atoms with Gasteiger partial charge in [-0.2, -0.15) is 0 Å². The van der Waals surface area contributed by atoms with Crippen LogP contribution in [0.15, 0.2) is 82.0 Å². The van der Waals surface area contributed by atoms with Gasteiger partial charge in [-0.05, 0) is 23.8 Å². The second-order valence-corrected chi connectivity index (χ2v) is 9.78. The summed E-state index contributed by atoms with van der Waals surface area (Å²) < 4.78 is 33.6. The predicted molar refractivity (Wildman–Crippen MR) is 156 cm³/mol. The minimum absolute atomic E-state index is 0.0191. The Labute approximate surface area is 250 Å². The minimum atomic E-state index is -1.72. The number of para-hydroxylation sites is 1. The van der Waals surface area contributed by atoms with Crippen LogP contribution >= 0.6 is 0 Å². The lowest BCUT2D eigenvalue weighted by Gasteiger charge is -2.41. The lowest BCUT2D eigenvalue weighted by molar-refractivity contribution is -0.280. The van der Waals surface area contributed by atoms with Crippen LogP contribution in [-0.4, -0.2) is 77.9 Å². The highest BCUT2D eigenvalue weighted by molar-refractivity contribution is 5.92. The molecule has 0 spiro atoms. The van der Waals surface area contributed by atoms with Gasteiger partial charge in [-0.1, -0.05) is 42.5 Å². The van der Waals surface area contributed by atoms with Crippen molar-refractivity contribution in [3.05, 3.63) is 88.6 Å². The highest BCUT2D eigenvalue weighted by Crippen LogP contribution is 2.42. The van der Waals surface area contributed by atoms with Crippen molar-refractivity contribution in [2.75, 3.05) is 20.8 Å². The number of phenols is 1. The number of rotatable bonds is 9. The molecule has 230 valence electrons. The zero-order valence-electron chi connectivity index (χ0n) is 23.7. The van der Waals surface area contributed by atoms with E-state index in [-0.39, 0.29) is 45.3 Å². The molecule has 1 aliphatic heterocycles. The molecule has 0 aliphatic carbocycles. The Bertz CT molecular complexity index is 1710. The molecule has 2 unspecified atom stereocenters. The molecule has 1 aromatic heterocycles. The van der Waals surface area contributed by atoms with Gasteiger partial charge in [0.2, 0.25) is 12.0 Å². The summed E-state index contributed by atoms with van der Waals surface area (Å²) in [7, 11) is 2.72. The Morgan fingerprint density at radius 3 is 2.39 bits per heavy atom. The maximum absolute atomic E-state index is 13.1. The van der Waals surface area contributed by atoms with Gasteiger partial charge in [0.1, 0.15) is 41.0 Å². The van der Waals surface area contributed by atoms with E-state index in [0.29, 0.717) is 0 Å². The van der Waals surface area contributed by atoms with Crippen LogP contribution in [0, 0.1) is 0 Å². The largest absolute Gasteiger partial charge is 0.507 e. The van der Waals surface area contributed by atoms with E-state index < -0.39 is 48.7 Å². The first kappa shape index (κ1) is 30.6. The van der Waals surface area contributed by atoms with Crippen LogP contribution in [0.4, 0.5) is 0 Å². The predicted octanol–water partition coefficient (Wildman–Crippen LogP) is 2.63. The summed E-state index contributed by atoms with van der Waals surface area (Å²) in [6, 6.07) is 17.7. The first-order valence-corrected chi connectivity index (χ1v) is 13.5. The van der Waals surface area contributed by atoms with Crippen molar-refractivity contribution in [2.45, 2.75) is 30.7 Å². The van der Waals surface area contributed by atoms with Crippen LogP contribution in [0.25, 0.3) is 28.4 Å². The van der Waals surface area contributed by atoms with Crippen LogP contribution in [-0.2, 0) is 14.3 Å². The van der Waals surface area contributed by atoms with Gasteiger partial charge < -0.3 is 48.5 Å². The number of phenolic OH excluding ortho intramolecular Hbond substituents is 1. The van der Waals surface area contributed by atoms with Crippen molar-refractivity contribution in [2.24, 2.45) is 0 Å². The maximum Gasteiger partial charge on any atom is 0.331 e. The monoisotopic (exact) mass is 606 g/mol. The molecule has 44 heavy (non-hydrogen) atoms. The van der Waals surface area contributed by atoms with Crippen LogP contribution in [0.1, 0.15) is 5.56 Å². The summed E-state index contributed by atoms with van der Waals surface area (Å²) in [4.78, 5) is 25.5. The lowest BCUT2D eigenvalue weighted by Crippen LogP contribution is -2.61. The van der Waals surface area contributed by atoms with Crippen molar-refractivity contribution < 1.29 is 53.3 Å². The van der Waals surface area contributed by atoms with Crippen LogP contribution in [0.2, 0.25) is 0 Å². The van der Waals surface area contributed by atoms with E-state index in [0.717, 1.165) is 17.7 Å². The molecule has 0 bridgehead atoms. The van der Waals surface area contributed by atoms with Crippen molar-refractivity contribution >= 4 is 23.0 Å². The maximum atomic E-state index is 13.1. The van der Waals surface area contributed by atoms with E-state index in [9.17, 15) is 30.0 Å². The third-order valence-corrected chi connectivity index (χ3v) is 7.01. The van der Waals surface area contributed by atoms with Crippen molar-refractivity contribution in [3.8, 4) is 34.3 Å². The fourth-order valence-electron chi connectivity index (χ4n) is 4.84. The van der Waals surface area contributed by atoms with Gasteiger partial charge in [0.15, 0.2) is 22.9 Å². The van der Waals surface area contributed by atoms with E-state index in [2.05, 4.69) is 0 Å². The molecule has 4 N–H and O–H groups in total. The highest BCUT2D eigenvalue weighted by Gasteiger charge is 2.47. The minimum Gasteiger partial charge on any atom is -0.507 e. The molecule has 12 heteroatoms. The number of hydrogen-bond acceptors (Lipinski definition) is 12. The molecular weight excluding hydrogens is 576 g/mol. The smallest absolute Gasteiger partial charge is 0.331 e. The van der Waals surface area contributed by atoms with E-state index in [4.69, 9.17) is 28.1 Å². The van der Waals surface area contributed by atoms with Crippen LogP contribution < -0.4 is 19.6 Å². The number of aliphatic hydroxyl groups excluding tert-OH is 3. The summed E-state index contributed by atoms with van der Waals surface area (Å²) in [5.41, 5.74) is 0.344. The summed E-state index contributed by atoms with van der Waals surface area (Å²) in [5.74, 6) is -0.870. The Morgan fingerprint density at radius 2 is 1.68 bits per heavy atom. The number of carbonyl (C=O) groups excluding carboxylic acids is 1. The van der Waals surface area contributed by atoms with Gasteiger partial charge in [-0.15, -0.1) is 0 Å². The third-order valence-electron chi connectivity index (χ3n) is 7.01. The third kappa shape index (κ3) is 6.10. The van der Waals surface area contributed by atoms with Crippen molar-refractivity contribution in [1.82, 2.24) is 0 Å². The molecule has 1 aliphatic rings. The molecule has 12 nitrogen and oxygen atoms in total. The second-order valence-electron chi connectivity index (χ2n) is 9.78. The molecule has 3 aromatic carbocycles. The SMILES string of the molecule is COc1cc(O)c2c(=O)cc(-c3ccccc3O[C@@H]3OC(CO)[C@@H](OC(=O)/C=C/c4ccccc4)[C@H](O)C3O)oc2c1OC. The van der Waals surface area contributed by atoms with E-state index in [1.807, 2.05) is 6.07 Å². The lowest BCUT2D eigenvalue weighted by atomic mass is 9.99. The number of carbonyl (C=O) groups is 1. The van der Waals surface area contributed by atoms with Gasteiger partial charge in [-0.25, -0.2) is 4.79 Å². The average molecular weight is 607 g/mol.